The second kappa shape index (κ2) is 6.84. The summed E-state index contributed by atoms with van der Waals surface area (Å²) < 4.78 is 0. The van der Waals surface area contributed by atoms with Gasteiger partial charge in [0.15, 0.2) is 0 Å². The van der Waals surface area contributed by atoms with Crippen molar-refractivity contribution in [2.75, 3.05) is 6.54 Å². The summed E-state index contributed by atoms with van der Waals surface area (Å²) in [6, 6.07) is 9.96. The average molecular weight is 290 g/mol. The van der Waals surface area contributed by atoms with Gasteiger partial charge in [-0.05, 0) is 25.3 Å². The molecule has 0 radical (unpaired) electrons. The SMILES string of the molecule is CCN(C(=O)C(C(N)=S)c1ccccc1)C1CCCC1. The number of carbonyl (C=O) groups is 1. The number of likely N-dealkylation sites (N-methyl/N-ethyl adjacent to an activating group) is 1. The molecule has 4 heteroatoms. The Morgan fingerprint density at radius 2 is 1.95 bits per heavy atom. The van der Waals surface area contributed by atoms with Gasteiger partial charge < -0.3 is 10.6 Å². The molecule has 0 spiro atoms. The van der Waals surface area contributed by atoms with E-state index >= 15 is 0 Å². The summed E-state index contributed by atoms with van der Waals surface area (Å²) in [5.74, 6) is -0.440. The molecule has 1 aromatic carbocycles. The van der Waals surface area contributed by atoms with Gasteiger partial charge in [0.25, 0.3) is 0 Å². The Balaban J connectivity index is 2.24. The van der Waals surface area contributed by atoms with E-state index in [1.165, 1.54) is 12.8 Å². The summed E-state index contributed by atoms with van der Waals surface area (Å²) >= 11 is 5.15. The van der Waals surface area contributed by atoms with Crippen LogP contribution in [0.4, 0.5) is 0 Å². The van der Waals surface area contributed by atoms with Crippen LogP contribution in [0.25, 0.3) is 0 Å². The third kappa shape index (κ3) is 3.18. The highest BCUT2D eigenvalue weighted by Crippen LogP contribution is 2.27. The maximum absolute atomic E-state index is 12.9. The fraction of sp³-hybridized carbons (Fsp3) is 0.500. The first-order chi connectivity index (χ1) is 9.65. The monoisotopic (exact) mass is 290 g/mol. The molecule has 20 heavy (non-hydrogen) atoms. The fourth-order valence-electron chi connectivity index (χ4n) is 3.05. The van der Waals surface area contributed by atoms with Crippen LogP contribution in [0.1, 0.15) is 44.1 Å². The lowest BCUT2D eigenvalue weighted by Gasteiger charge is -2.31. The molecule has 3 nitrogen and oxygen atoms in total. The fourth-order valence-corrected chi connectivity index (χ4v) is 3.29. The zero-order chi connectivity index (χ0) is 14.5. The van der Waals surface area contributed by atoms with E-state index in [0.29, 0.717) is 6.04 Å². The normalized spacial score (nSPS) is 16.9. The summed E-state index contributed by atoms with van der Waals surface area (Å²) in [6.45, 7) is 2.74. The number of amides is 1. The van der Waals surface area contributed by atoms with E-state index in [-0.39, 0.29) is 10.9 Å². The Kier molecular flexibility index (Phi) is 5.12. The van der Waals surface area contributed by atoms with Gasteiger partial charge in [0, 0.05) is 12.6 Å². The molecule has 2 rings (SSSR count). The molecule has 1 unspecified atom stereocenters. The maximum atomic E-state index is 12.9. The van der Waals surface area contributed by atoms with Crippen LogP contribution in [-0.4, -0.2) is 28.4 Å². The van der Waals surface area contributed by atoms with E-state index in [4.69, 9.17) is 18.0 Å². The standard InChI is InChI=1S/C16H22N2OS/c1-2-18(13-10-6-7-11-13)16(19)14(15(17)20)12-8-4-3-5-9-12/h3-5,8-9,13-14H,2,6-7,10-11H2,1H3,(H2,17,20). The molecule has 1 saturated carbocycles. The lowest BCUT2D eigenvalue weighted by Crippen LogP contribution is -2.44. The Morgan fingerprint density at radius 1 is 1.35 bits per heavy atom. The quantitative estimate of drug-likeness (QED) is 0.848. The first-order valence-corrected chi connectivity index (χ1v) is 7.70. The van der Waals surface area contributed by atoms with Crippen molar-refractivity contribution in [3.05, 3.63) is 35.9 Å². The number of hydrogen-bond donors (Lipinski definition) is 1. The molecule has 1 atom stereocenters. The van der Waals surface area contributed by atoms with Crippen molar-refractivity contribution in [1.82, 2.24) is 4.90 Å². The lowest BCUT2D eigenvalue weighted by molar-refractivity contribution is -0.133. The zero-order valence-electron chi connectivity index (χ0n) is 11.9. The van der Waals surface area contributed by atoms with E-state index in [0.717, 1.165) is 24.9 Å². The molecule has 0 aliphatic heterocycles. The second-order valence-electron chi connectivity index (χ2n) is 5.31. The largest absolute Gasteiger partial charge is 0.392 e. The third-order valence-corrected chi connectivity index (χ3v) is 4.29. The van der Waals surface area contributed by atoms with Crippen LogP contribution in [-0.2, 0) is 4.79 Å². The summed E-state index contributed by atoms with van der Waals surface area (Å²) in [5.41, 5.74) is 6.73. The minimum absolute atomic E-state index is 0.0538. The summed E-state index contributed by atoms with van der Waals surface area (Å²) in [5, 5.41) is 0. The highest BCUT2D eigenvalue weighted by molar-refractivity contribution is 7.80. The second-order valence-corrected chi connectivity index (χ2v) is 5.78. The predicted octanol–water partition coefficient (Wildman–Crippen LogP) is 2.85. The summed E-state index contributed by atoms with van der Waals surface area (Å²) in [4.78, 5) is 15.1. The van der Waals surface area contributed by atoms with Gasteiger partial charge in [0.05, 0.1) is 4.99 Å². The number of benzene rings is 1. The molecule has 0 bridgehead atoms. The summed E-state index contributed by atoms with van der Waals surface area (Å²) in [7, 11) is 0. The van der Waals surface area contributed by atoms with Crippen molar-refractivity contribution in [1.29, 1.82) is 0 Å². The molecule has 0 heterocycles. The van der Waals surface area contributed by atoms with Crippen molar-refractivity contribution in [2.24, 2.45) is 5.73 Å². The van der Waals surface area contributed by atoms with Gasteiger partial charge in [0.1, 0.15) is 5.92 Å². The van der Waals surface area contributed by atoms with E-state index in [9.17, 15) is 4.79 Å². The molecule has 1 fully saturated rings. The number of hydrogen-bond acceptors (Lipinski definition) is 2. The van der Waals surface area contributed by atoms with Crippen LogP contribution in [0.3, 0.4) is 0 Å². The van der Waals surface area contributed by atoms with E-state index in [1.54, 1.807) is 0 Å². The van der Waals surface area contributed by atoms with Gasteiger partial charge in [0.2, 0.25) is 5.91 Å². The zero-order valence-corrected chi connectivity index (χ0v) is 12.7. The number of nitrogens with two attached hydrogens (primary N) is 1. The highest BCUT2D eigenvalue weighted by atomic mass is 32.1. The van der Waals surface area contributed by atoms with Gasteiger partial charge in [-0.3, -0.25) is 4.79 Å². The van der Waals surface area contributed by atoms with E-state index < -0.39 is 5.92 Å². The number of thiocarbonyl (C=S) groups is 1. The molecule has 1 amide bonds. The van der Waals surface area contributed by atoms with Crippen molar-refractivity contribution in [2.45, 2.75) is 44.6 Å². The molecular weight excluding hydrogens is 268 g/mol. The van der Waals surface area contributed by atoms with Gasteiger partial charge in [-0.15, -0.1) is 0 Å². The molecular formula is C16H22N2OS. The first kappa shape index (κ1) is 15.0. The molecule has 108 valence electrons. The third-order valence-electron chi connectivity index (χ3n) is 4.05. The number of nitrogens with zero attached hydrogens (tertiary/aromatic N) is 1. The highest BCUT2D eigenvalue weighted by Gasteiger charge is 2.32. The summed E-state index contributed by atoms with van der Waals surface area (Å²) in [6.07, 6.45) is 4.60. The van der Waals surface area contributed by atoms with E-state index in [1.807, 2.05) is 42.2 Å². The Hall–Kier alpha value is -1.42. The molecule has 1 aromatic rings. The van der Waals surface area contributed by atoms with Crippen molar-refractivity contribution >= 4 is 23.1 Å². The molecule has 1 aliphatic carbocycles. The topological polar surface area (TPSA) is 46.3 Å². The van der Waals surface area contributed by atoms with Crippen molar-refractivity contribution in [3.8, 4) is 0 Å². The van der Waals surface area contributed by atoms with Crippen molar-refractivity contribution < 1.29 is 4.79 Å². The maximum Gasteiger partial charge on any atom is 0.237 e. The van der Waals surface area contributed by atoms with Crippen LogP contribution in [0, 0.1) is 0 Å². The minimum Gasteiger partial charge on any atom is -0.392 e. The molecule has 0 aromatic heterocycles. The molecule has 2 N–H and O–H groups in total. The van der Waals surface area contributed by atoms with Crippen LogP contribution in [0.15, 0.2) is 30.3 Å². The van der Waals surface area contributed by atoms with Crippen LogP contribution in [0.5, 0.6) is 0 Å². The van der Waals surface area contributed by atoms with Crippen LogP contribution >= 0.6 is 12.2 Å². The minimum atomic E-state index is -0.494. The predicted molar refractivity (Wildman–Crippen MR) is 85.6 cm³/mol. The van der Waals surface area contributed by atoms with Gasteiger partial charge >= 0.3 is 0 Å². The van der Waals surface area contributed by atoms with Crippen LogP contribution in [0.2, 0.25) is 0 Å². The lowest BCUT2D eigenvalue weighted by atomic mass is 9.96. The number of rotatable bonds is 5. The van der Waals surface area contributed by atoms with Crippen LogP contribution < -0.4 is 5.73 Å². The average Bonchev–Trinajstić information content (AvgIpc) is 2.94. The van der Waals surface area contributed by atoms with Gasteiger partial charge in [-0.25, -0.2) is 0 Å². The Labute approximate surface area is 126 Å². The smallest absolute Gasteiger partial charge is 0.237 e. The van der Waals surface area contributed by atoms with Crippen molar-refractivity contribution in [3.63, 3.8) is 0 Å². The molecule has 0 saturated heterocycles. The van der Waals surface area contributed by atoms with E-state index in [2.05, 4.69) is 0 Å². The first-order valence-electron chi connectivity index (χ1n) is 7.30. The molecule has 1 aliphatic rings. The van der Waals surface area contributed by atoms with Gasteiger partial charge in [-0.2, -0.15) is 0 Å². The number of carbonyl (C=O) groups excluding carboxylic acids is 1. The Morgan fingerprint density at radius 3 is 2.45 bits per heavy atom. The Bertz CT molecular complexity index is 469. The van der Waals surface area contributed by atoms with Gasteiger partial charge in [-0.1, -0.05) is 55.4 Å².